The molecule has 15 heavy (non-hydrogen) atoms. The Morgan fingerprint density at radius 2 is 1.27 bits per heavy atom. The van der Waals surface area contributed by atoms with Gasteiger partial charge in [-0.2, -0.15) is 2.94 Å². The average molecular weight is 345 g/mol. The van der Waals surface area contributed by atoms with Crippen molar-refractivity contribution in [1.82, 2.24) is 2.94 Å². The van der Waals surface area contributed by atoms with Crippen LogP contribution in [0.4, 0.5) is 0 Å². The highest BCUT2D eigenvalue weighted by Crippen LogP contribution is 2.21. The predicted octanol–water partition coefficient (Wildman–Crippen LogP) is 3.15. The largest absolute Gasteiger partial charge is 0.222 e. The lowest BCUT2D eigenvalue weighted by Crippen LogP contribution is -2.28. The van der Waals surface area contributed by atoms with Gasteiger partial charge in [0.2, 0.25) is 10.0 Å². The molecule has 0 heterocycles. The maximum atomic E-state index is 11.7. The maximum Gasteiger partial charge on any atom is 0.222 e. The first kappa shape index (κ1) is 13.7. The summed E-state index contributed by atoms with van der Waals surface area (Å²) < 4.78 is 25.8. The molecule has 0 bridgehead atoms. The Kier molecular flexibility index (Phi) is 6.45. The molecule has 1 rings (SSSR count). The van der Waals surface area contributed by atoms with Gasteiger partial charge in [0.25, 0.3) is 0 Å². The van der Waals surface area contributed by atoms with Gasteiger partial charge < -0.3 is 0 Å². The first-order valence-electron chi connectivity index (χ1n) is 5.78. The van der Waals surface area contributed by atoms with E-state index in [1.54, 1.807) is 22.9 Å². The molecule has 0 unspecified atom stereocenters. The summed E-state index contributed by atoms with van der Waals surface area (Å²) in [5.74, 6) is 0. The molecular formula is C10H20INO2S. The van der Waals surface area contributed by atoms with Crippen molar-refractivity contribution in [1.29, 1.82) is 0 Å². The van der Waals surface area contributed by atoms with Gasteiger partial charge in [0.05, 0.1) is 5.25 Å². The topological polar surface area (TPSA) is 46.2 Å². The first-order valence-corrected chi connectivity index (χ1v) is 8.40. The minimum Gasteiger partial charge on any atom is -0.211 e. The van der Waals surface area contributed by atoms with Crippen molar-refractivity contribution in [3.8, 4) is 0 Å². The van der Waals surface area contributed by atoms with Crippen LogP contribution in [-0.4, -0.2) is 13.7 Å². The molecule has 1 fully saturated rings. The van der Waals surface area contributed by atoms with Gasteiger partial charge in [-0.25, -0.2) is 8.42 Å². The molecule has 1 saturated carbocycles. The van der Waals surface area contributed by atoms with E-state index in [-0.39, 0.29) is 5.25 Å². The summed E-state index contributed by atoms with van der Waals surface area (Å²) in [7, 11) is -3.05. The Balaban J connectivity index is 2.52. The van der Waals surface area contributed by atoms with E-state index < -0.39 is 10.0 Å². The van der Waals surface area contributed by atoms with Crippen molar-refractivity contribution in [2.45, 2.75) is 63.0 Å². The predicted molar refractivity (Wildman–Crippen MR) is 71.4 cm³/mol. The summed E-state index contributed by atoms with van der Waals surface area (Å²) in [6.07, 6.45) is 10.0. The van der Waals surface area contributed by atoms with Crippen molar-refractivity contribution in [2.75, 3.05) is 0 Å². The average Bonchev–Trinajstić information content (AvgIpc) is 2.25. The number of hydrogen-bond donors (Lipinski definition) is 1. The van der Waals surface area contributed by atoms with E-state index in [0.29, 0.717) is 0 Å². The van der Waals surface area contributed by atoms with Gasteiger partial charge in [0.1, 0.15) is 0 Å². The molecule has 0 radical (unpaired) electrons. The zero-order valence-corrected chi connectivity index (χ0v) is 12.0. The molecule has 0 aromatic rings. The van der Waals surface area contributed by atoms with Gasteiger partial charge in [0, 0.05) is 22.9 Å². The van der Waals surface area contributed by atoms with Crippen LogP contribution >= 0.6 is 22.9 Å². The van der Waals surface area contributed by atoms with Crippen LogP contribution in [0.1, 0.15) is 57.8 Å². The monoisotopic (exact) mass is 345 g/mol. The van der Waals surface area contributed by atoms with Crippen LogP contribution in [0.3, 0.4) is 0 Å². The Hall–Kier alpha value is 0.640. The third-order valence-electron chi connectivity index (χ3n) is 3.10. The minimum absolute atomic E-state index is 0.160. The molecule has 3 nitrogen and oxygen atoms in total. The molecule has 0 aromatic heterocycles. The summed E-state index contributed by atoms with van der Waals surface area (Å²) in [5, 5.41) is -0.160. The van der Waals surface area contributed by atoms with Crippen LogP contribution in [-0.2, 0) is 10.0 Å². The Bertz CT molecular complexity index is 257. The molecule has 0 aliphatic heterocycles. The molecule has 0 atom stereocenters. The van der Waals surface area contributed by atoms with E-state index in [1.165, 1.54) is 32.1 Å². The summed E-state index contributed by atoms with van der Waals surface area (Å²) >= 11 is 1.73. The van der Waals surface area contributed by atoms with Gasteiger partial charge in [-0.05, 0) is 12.8 Å². The van der Waals surface area contributed by atoms with E-state index >= 15 is 0 Å². The SMILES string of the molecule is O=S(=O)(NI)C1CCCCCCCCC1. The molecule has 0 spiro atoms. The molecule has 1 aliphatic rings. The zero-order chi connectivity index (χ0) is 11.1. The van der Waals surface area contributed by atoms with E-state index in [4.69, 9.17) is 0 Å². The normalized spacial score (nSPS) is 22.5. The molecule has 0 saturated heterocycles. The fourth-order valence-electron chi connectivity index (χ4n) is 2.15. The minimum atomic E-state index is -3.05. The van der Waals surface area contributed by atoms with Gasteiger partial charge in [-0.15, -0.1) is 0 Å². The first-order chi connectivity index (χ1) is 7.17. The Morgan fingerprint density at radius 1 is 0.867 bits per heavy atom. The third-order valence-corrected chi connectivity index (χ3v) is 6.50. The lowest BCUT2D eigenvalue weighted by atomic mass is 10.0. The molecule has 1 N–H and O–H groups in total. The van der Waals surface area contributed by atoms with Crippen LogP contribution in [0.5, 0.6) is 0 Å². The van der Waals surface area contributed by atoms with Crippen LogP contribution in [0.25, 0.3) is 0 Å². The van der Waals surface area contributed by atoms with Gasteiger partial charge in [-0.3, -0.25) is 0 Å². The second-order valence-corrected chi connectivity index (χ2v) is 7.53. The number of sulfonamides is 1. The van der Waals surface area contributed by atoms with Crippen LogP contribution in [0, 0.1) is 0 Å². The number of nitrogens with one attached hydrogen (secondary N) is 1. The van der Waals surface area contributed by atoms with Crippen molar-refractivity contribution < 1.29 is 8.42 Å². The van der Waals surface area contributed by atoms with Crippen molar-refractivity contribution in [2.24, 2.45) is 0 Å². The number of hydrogen-bond acceptors (Lipinski definition) is 2. The molecule has 5 heteroatoms. The number of rotatable bonds is 2. The summed E-state index contributed by atoms with van der Waals surface area (Å²) in [6.45, 7) is 0. The fourth-order valence-corrected chi connectivity index (χ4v) is 4.30. The van der Waals surface area contributed by atoms with Crippen LogP contribution in [0.15, 0.2) is 0 Å². The third kappa shape index (κ3) is 4.99. The number of halogens is 1. The van der Waals surface area contributed by atoms with E-state index in [1.807, 2.05) is 0 Å². The lowest BCUT2D eigenvalue weighted by molar-refractivity contribution is 0.490. The van der Waals surface area contributed by atoms with Gasteiger partial charge in [-0.1, -0.05) is 44.9 Å². The molecular weight excluding hydrogens is 325 g/mol. The quantitative estimate of drug-likeness (QED) is 0.617. The molecule has 90 valence electrons. The van der Waals surface area contributed by atoms with Crippen LogP contribution in [0.2, 0.25) is 0 Å². The Morgan fingerprint density at radius 3 is 1.67 bits per heavy atom. The second-order valence-electron chi connectivity index (χ2n) is 4.30. The van der Waals surface area contributed by atoms with E-state index in [9.17, 15) is 8.42 Å². The van der Waals surface area contributed by atoms with Crippen molar-refractivity contribution in [3.63, 3.8) is 0 Å². The second kappa shape index (κ2) is 7.06. The van der Waals surface area contributed by atoms with Crippen molar-refractivity contribution >= 4 is 32.9 Å². The van der Waals surface area contributed by atoms with Gasteiger partial charge in [0.15, 0.2) is 0 Å². The fraction of sp³-hybridized carbons (Fsp3) is 1.00. The standard InChI is InChI=1S/C10H20INO2S/c11-12-15(13,14)10-8-6-4-2-1-3-5-7-9-10/h10,12H,1-9H2. The summed E-state index contributed by atoms with van der Waals surface area (Å²) in [5.41, 5.74) is 0. The highest BCUT2D eigenvalue weighted by Gasteiger charge is 2.23. The van der Waals surface area contributed by atoms with Crippen molar-refractivity contribution in [3.05, 3.63) is 0 Å². The van der Waals surface area contributed by atoms with Crippen LogP contribution < -0.4 is 2.94 Å². The highest BCUT2D eigenvalue weighted by atomic mass is 127. The smallest absolute Gasteiger partial charge is 0.211 e. The van der Waals surface area contributed by atoms with E-state index in [0.717, 1.165) is 25.7 Å². The lowest BCUT2D eigenvalue weighted by Gasteiger charge is -2.17. The zero-order valence-electron chi connectivity index (χ0n) is 9.04. The Labute approximate surface area is 107 Å². The summed E-state index contributed by atoms with van der Waals surface area (Å²) in [6, 6.07) is 0. The summed E-state index contributed by atoms with van der Waals surface area (Å²) in [4.78, 5) is 0. The van der Waals surface area contributed by atoms with Gasteiger partial charge >= 0.3 is 0 Å². The highest BCUT2D eigenvalue weighted by molar-refractivity contribution is 14.1. The molecule has 0 aromatic carbocycles. The molecule has 1 aliphatic carbocycles. The molecule has 0 amide bonds. The maximum absolute atomic E-state index is 11.7. The van der Waals surface area contributed by atoms with E-state index in [2.05, 4.69) is 2.94 Å².